The minimum Gasteiger partial charge on any atom is -0.322 e. The van der Waals surface area contributed by atoms with Crippen LogP contribution in [-0.4, -0.2) is 4.98 Å². The number of pyridine rings is 1. The fourth-order valence-electron chi connectivity index (χ4n) is 2.97. The number of hydrogen-bond acceptors (Lipinski definition) is 2. The van der Waals surface area contributed by atoms with Crippen LogP contribution in [0.5, 0.6) is 0 Å². The van der Waals surface area contributed by atoms with Crippen LogP contribution in [0.3, 0.4) is 0 Å². The number of nitrogens with two attached hydrogens (primary N) is 1. The molecule has 1 aromatic heterocycles. The van der Waals surface area contributed by atoms with Gasteiger partial charge in [0.2, 0.25) is 0 Å². The number of aryl methyl sites for hydroxylation is 1. The van der Waals surface area contributed by atoms with Gasteiger partial charge < -0.3 is 5.73 Å². The second kappa shape index (κ2) is 4.04. The van der Waals surface area contributed by atoms with Crippen molar-refractivity contribution in [2.75, 3.05) is 0 Å². The maximum absolute atomic E-state index is 6.40. The van der Waals surface area contributed by atoms with E-state index in [1.807, 2.05) is 6.07 Å². The first-order chi connectivity index (χ1) is 8.47. The van der Waals surface area contributed by atoms with Crippen LogP contribution in [0.2, 0.25) is 0 Å². The molecule has 0 atom stereocenters. The molecule has 0 saturated carbocycles. The van der Waals surface area contributed by atoms with Crippen molar-refractivity contribution in [3.63, 3.8) is 0 Å². The molecule has 0 radical (unpaired) electrons. The zero-order chi connectivity index (χ0) is 12.9. The third-order valence-electron chi connectivity index (χ3n) is 3.62. The number of nitrogens with zero attached hydrogens (tertiary/aromatic N) is 1. The summed E-state index contributed by atoms with van der Waals surface area (Å²) in [5, 5.41) is 1.19. The van der Waals surface area contributed by atoms with Crippen molar-refractivity contribution in [1.82, 2.24) is 4.98 Å². The van der Waals surface area contributed by atoms with Gasteiger partial charge >= 0.3 is 0 Å². The molecule has 2 nitrogen and oxygen atoms in total. The van der Waals surface area contributed by atoms with Gasteiger partial charge in [-0.25, -0.2) is 0 Å². The first-order valence-corrected chi connectivity index (χ1v) is 7.16. The van der Waals surface area contributed by atoms with Gasteiger partial charge in [-0.1, -0.05) is 15.9 Å². The monoisotopic (exact) mass is 304 g/mol. The Bertz CT molecular complexity index is 626. The maximum atomic E-state index is 6.40. The Kier molecular flexibility index (Phi) is 2.72. The largest absolute Gasteiger partial charge is 0.322 e. The SMILES string of the molecule is CC(C)(N)c1c2c(nc3ccc(Br)cc13)CCC2. The molecule has 0 saturated heterocycles. The molecule has 2 aromatic rings. The summed E-state index contributed by atoms with van der Waals surface area (Å²) in [7, 11) is 0. The first-order valence-electron chi connectivity index (χ1n) is 6.37. The van der Waals surface area contributed by atoms with E-state index < -0.39 is 0 Å². The van der Waals surface area contributed by atoms with E-state index in [0.29, 0.717) is 0 Å². The predicted molar refractivity (Wildman–Crippen MR) is 78.7 cm³/mol. The maximum Gasteiger partial charge on any atom is 0.0709 e. The molecule has 3 rings (SSSR count). The Morgan fingerprint density at radius 1 is 1.28 bits per heavy atom. The van der Waals surface area contributed by atoms with E-state index in [9.17, 15) is 0 Å². The van der Waals surface area contributed by atoms with Crippen LogP contribution in [0, 0.1) is 0 Å². The second-order valence-corrected chi connectivity index (χ2v) is 6.56. The first kappa shape index (κ1) is 12.1. The van der Waals surface area contributed by atoms with E-state index in [1.165, 1.54) is 28.6 Å². The quantitative estimate of drug-likeness (QED) is 0.873. The minimum atomic E-state index is -0.323. The highest BCUT2D eigenvalue weighted by Gasteiger charge is 2.27. The summed E-state index contributed by atoms with van der Waals surface area (Å²) in [6.07, 6.45) is 3.40. The standard InChI is InChI=1S/C15H17BrN2/c1-15(2,17)14-10-4-3-5-12(10)18-13-7-6-9(16)8-11(13)14/h6-8H,3-5,17H2,1-2H3. The Labute approximate surface area is 116 Å². The van der Waals surface area contributed by atoms with Gasteiger partial charge in [0.15, 0.2) is 0 Å². The molecule has 2 N–H and O–H groups in total. The van der Waals surface area contributed by atoms with Crippen LogP contribution in [0.1, 0.15) is 37.1 Å². The molecule has 94 valence electrons. The van der Waals surface area contributed by atoms with E-state index in [0.717, 1.165) is 22.8 Å². The number of benzene rings is 1. The van der Waals surface area contributed by atoms with Crippen LogP contribution < -0.4 is 5.73 Å². The highest BCUT2D eigenvalue weighted by Crippen LogP contribution is 2.36. The van der Waals surface area contributed by atoms with Gasteiger partial charge in [-0.15, -0.1) is 0 Å². The van der Waals surface area contributed by atoms with Gasteiger partial charge in [0.1, 0.15) is 0 Å². The molecule has 0 bridgehead atoms. The molecule has 1 heterocycles. The number of halogens is 1. The van der Waals surface area contributed by atoms with Gasteiger partial charge in [0.05, 0.1) is 5.52 Å². The molecule has 1 aliphatic carbocycles. The zero-order valence-electron chi connectivity index (χ0n) is 10.8. The van der Waals surface area contributed by atoms with Crippen LogP contribution >= 0.6 is 15.9 Å². The van der Waals surface area contributed by atoms with Crippen molar-refractivity contribution in [2.24, 2.45) is 5.73 Å². The van der Waals surface area contributed by atoms with Gasteiger partial charge in [0.25, 0.3) is 0 Å². The Balaban J connectivity index is 2.44. The van der Waals surface area contributed by atoms with E-state index >= 15 is 0 Å². The van der Waals surface area contributed by atoms with E-state index in [-0.39, 0.29) is 5.54 Å². The molecule has 1 aliphatic rings. The molecule has 3 heteroatoms. The van der Waals surface area contributed by atoms with Crippen molar-refractivity contribution in [3.8, 4) is 0 Å². The van der Waals surface area contributed by atoms with Crippen molar-refractivity contribution >= 4 is 26.8 Å². The van der Waals surface area contributed by atoms with Crippen molar-refractivity contribution < 1.29 is 0 Å². The lowest BCUT2D eigenvalue weighted by Gasteiger charge is -2.25. The predicted octanol–water partition coefficient (Wildman–Crippen LogP) is 3.68. The molecule has 0 aliphatic heterocycles. The molecule has 0 spiro atoms. The summed E-state index contributed by atoms with van der Waals surface area (Å²) in [4.78, 5) is 4.79. The minimum absolute atomic E-state index is 0.323. The van der Waals surface area contributed by atoms with E-state index in [1.54, 1.807) is 0 Å². The lowest BCUT2D eigenvalue weighted by molar-refractivity contribution is 0.553. The van der Waals surface area contributed by atoms with Gasteiger partial charge in [-0.3, -0.25) is 4.98 Å². The summed E-state index contributed by atoms with van der Waals surface area (Å²) in [6.45, 7) is 4.17. The summed E-state index contributed by atoms with van der Waals surface area (Å²) in [6, 6.07) is 6.27. The average molecular weight is 305 g/mol. The highest BCUT2D eigenvalue weighted by molar-refractivity contribution is 9.10. The lowest BCUT2D eigenvalue weighted by Crippen LogP contribution is -2.30. The fourth-order valence-corrected chi connectivity index (χ4v) is 3.33. The van der Waals surface area contributed by atoms with Crippen LogP contribution in [0.15, 0.2) is 22.7 Å². The molecule has 1 aromatic carbocycles. The number of fused-ring (bicyclic) bond motifs is 2. The Hall–Kier alpha value is -0.930. The van der Waals surface area contributed by atoms with Crippen LogP contribution in [-0.2, 0) is 18.4 Å². The summed E-state index contributed by atoms with van der Waals surface area (Å²) in [5.41, 5.74) is 11.1. The van der Waals surface area contributed by atoms with Gasteiger partial charge in [0, 0.05) is 21.1 Å². The Morgan fingerprint density at radius 3 is 2.78 bits per heavy atom. The molecular weight excluding hydrogens is 288 g/mol. The zero-order valence-corrected chi connectivity index (χ0v) is 12.3. The summed E-state index contributed by atoms with van der Waals surface area (Å²) >= 11 is 3.55. The van der Waals surface area contributed by atoms with E-state index in [4.69, 9.17) is 10.7 Å². The van der Waals surface area contributed by atoms with Gasteiger partial charge in [-0.2, -0.15) is 0 Å². The van der Waals surface area contributed by atoms with Crippen LogP contribution in [0.4, 0.5) is 0 Å². The lowest BCUT2D eigenvalue weighted by atomic mass is 9.87. The van der Waals surface area contributed by atoms with E-state index in [2.05, 4.69) is 41.9 Å². The average Bonchev–Trinajstić information content (AvgIpc) is 2.71. The van der Waals surface area contributed by atoms with Crippen molar-refractivity contribution in [3.05, 3.63) is 39.5 Å². The molecular formula is C15H17BrN2. The summed E-state index contributed by atoms with van der Waals surface area (Å²) < 4.78 is 1.08. The second-order valence-electron chi connectivity index (χ2n) is 5.65. The van der Waals surface area contributed by atoms with Gasteiger partial charge in [-0.05, 0) is 62.4 Å². The van der Waals surface area contributed by atoms with Crippen LogP contribution in [0.25, 0.3) is 10.9 Å². The van der Waals surface area contributed by atoms with Crippen molar-refractivity contribution in [1.29, 1.82) is 0 Å². The number of rotatable bonds is 1. The topological polar surface area (TPSA) is 38.9 Å². The van der Waals surface area contributed by atoms with Crippen molar-refractivity contribution in [2.45, 2.75) is 38.6 Å². The number of aromatic nitrogens is 1. The summed E-state index contributed by atoms with van der Waals surface area (Å²) in [5.74, 6) is 0. The number of hydrogen-bond donors (Lipinski definition) is 1. The Morgan fingerprint density at radius 2 is 2.06 bits per heavy atom. The molecule has 0 unspecified atom stereocenters. The molecule has 0 fully saturated rings. The third kappa shape index (κ3) is 1.86. The highest BCUT2D eigenvalue weighted by atomic mass is 79.9. The third-order valence-corrected chi connectivity index (χ3v) is 4.11. The smallest absolute Gasteiger partial charge is 0.0709 e. The molecule has 18 heavy (non-hydrogen) atoms. The normalized spacial score (nSPS) is 15.1. The fraction of sp³-hybridized carbons (Fsp3) is 0.400. The molecule has 0 amide bonds.